The molecule has 0 saturated heterocycles. The van der Waals surface area contributed by atoms with Gasteiger partial charge in [-0.2, -0.15) is 5.10 Å². The minimum absolute atomic E-state index is 0.0126. The lowest BCUT2D eigenvalue weighted by Gasteiger charge is -2.30. The number of aromatic nitrogens is 3. The number of hydrogen-bond acceptors (Lipinski definition) is 3. The first-order chi connectivity index (χ1) is 11.9. The van der Waals surface area contributed by atoms with Crippen LogP contribution in [0.1, 0.15) is 17.0 Å². The number of hydrogen-bond donors (Lipinski definition) is 2. The number of rotatable bonds is 5. The van der Waals surface area contributed by atoms with Crippen LogP contribution in [0.25, 0.3) is 5.57 Å². The van der Waals surface area contributed by atoms with Crippen molar-refractivity contribution < 1.29 is 18.3 Å². The molecule has 0 spiro atoms. The van der Waals surface area contributed by atoms with Gasteiger partial charge >= 0.3 is 0 Å². The van der Waals surface area contributed by atoms with Crippen molar-refractivity contribution in [1.82, 2.24) is 15.2 Å². The molecule has 3 rings (SSSR count). The number of halogens is 3. The zero-order chi connectivity index (χ0) is 18.0. The Morgan fingerprint density at radius 2 is 1.76 bits per heavy atom. The molecule has 0 fully saturated rings. The molecule has 1 heterocycles. The quantitative estimate of drug-likeness (QED) is 0.745. The monoisotopic (exact) mass is 345 g/mol. The summed E-state index contributed by atoms with van der Waals surface area (Å²) >= 11 is 0. The van der Waals surface area contributed by atoms with Gasteiger partial charge in [-0.05, 0) is 35.4 Å². The van der Waals surface area contributed by atoms with Gasteiger partial charge in [0.15, 0.2) is 5.82 Å². The third-order valence-electron chi connectivity index (χ3n) is 3.96. The molecule has 2 N–H and O–H groups in total. The highest BCUT2D eigenvalue weighted by atomic mass is 19.1. The molecule has 128 valence electrons. The van der Waals surface area contributed by atoms with E-state index in [4.69, 9.17) is 0 Å². The fourth-order valence-electron chi connectivity index (χ4n) is 2.62. The van der Waals surface area contributed by atoms with Crippen molar-refractivity contribution in [2.45, 2.75) is 12.0 Å². The van der Waals surface area contributed by atoms with Crippen LogP contribution in [0.15, 0.2) is 55.4 Å². The summed E-state index contributed by atoms with van der Waals surface area (Å²) in [7, 11) is 0. The average molecular weight is 345 g/mol. The molecule has 0 aliphatic carbocycles. The fourth-order valence-corrected chi connectivity index (χ4v) is 2.62. The first-order valence-electron chi connectivity index (χ1n) is 7.38. The molecule has 1 atom stereocenters. The van der Waals surface area contributed by atoms with Crippen molar-refractivity contribution in [2.24, 2.45) is 0 Å². The molecular formula is C18H14F3N3O. The summed E-state index contributed by atoms with van der Waals surface area (Å²) in [6.07, 6.45) is 1.21. The third-order valence-corrected chi connectivity index (χ3v) is 3.96. The largest absolute Gasteiger partial charge is 0.380 e. The van der Waals surface area contributed by atoms with Crippen LogP contribution in [0.3, 0.4) is 0 Å². The molecule has 0 aliphatic rings. The molecule has 0 radical (unpaired) electrons. The molecule has 1 aromatic heterocycles. The summed E-state index contributed by atoms with van der Waals surface area (Å²) in [5.41, 5.74) is -1.59. The number of aromatic amines is 1. The lowest BCUT2D eigenvalue weighted by molar-refractivity contribution is 0.0986. The van der Waals surface area contributed by atoms with Crippen molar-refractivity contribution in [2.75, 3.05) is 0 Å². The number of nitrogens with zero attached hydrogens (tertiary/aromatic N) is 2. The highest BCUT2D eigenvalue weighted by Gasteiger charge is 2.36. The van der Waals surface area contributed by atoms with Crippen LogP contribution in [-0.4, -0.2) is 20.3 Å². The summed E-state index contributed by atoms with van der Waals surface area (Å²) in [5.74, 6) is -1.83. The zero-order valence-corrected chi connectivity index (χ0v) is 13.0. The Labute approximate surface area is 141 Å². The Bertz CT molecular complexity index is 894. The lowest BCUT2D eigenvalue weighted by atomic mass is 9.80. The van der Waals surface area contributed by atoms with Gasteiger partial charge in [-0.25, -0.2) is 18.2 Å². The van der Waals surface area contributed by atoms with E-state index in [1.807, 2.05) is 0 Å². The highest BCUT2D eigenvalue weighted by Crippen LogP contribution is 2.38. The highest BCUT2D eigenvalue weighted by molar-refractivity contribution is 5.72. The van der Waals surface area contributed by atoms with Gasteiger partial charge in [-0.1, -0.05) is 18.7 Å². The second kappa shape index (κ2) is 6.52. The Morgan fingerprint density at radius 1 is 1.08 bits per heavy atom. The van der Waals surface area contributed by atoms with Crippen LogP contribution in [-0.2, 0) is 12.0 Å². The van der Waals surface area contributed by atoms with E-state index < -0.39 is 23.1 Å². The topological polar surface area (TPSA) is 61.8 Å². The van der Waals surface area contributed by atoms with Crippen LogP contribution < -0.4 is 0 Å². The third kappa shape index (κ3) is 3.32. The van der Waals surface area contributed by atoms with Gasteiger partial charge in [0.1, 0.15) is 29.4 Å². The van der Waals surface area contributed by atoms with Gasteiger partial charge in [-0.15, -0.1) is 0 Å². The molecule has 2 aromatic carbocycles. The van der Waals surface area contributed by atoms with Crippen LogP contribution >= 0.6 is 0 Å². The van der Waals surface area contributed by atoms with Crippen LogP contribution in [0.2, 0.25) is 0 Å². The minimum atomic E-state index is -1.81. The summed E-state index contributed by atoms with van der Waals surface area (Å²) in [6, 6.07) is 8.06. The van der Waals surface area contributed by atoms with E-state index in [1.165, 1.54) is 36.7 Å². The standard InChI is InChI=1S/C18H14F3N3O/c1-11(15-7-6-14(20)8-16(15)21)18(25,9-17-22-10-23-24-17)12-2-4-13(19)5-3-12/h2-8,10,25H,1,9H2,(H,22,23,24). The van der Waals surface area contributed by atoms with Crippen molar-refractivity contribution in [3.05, 3.63) is 89.8 Å². The Kier molecular flexibility index (Phi) is 4.41. The SMILES string of the molecule is C=C(c1ccc(F)cc1F)C(O)(Cc1nc[nH]n1)c1ccc(F)cc1. The van der Waals surface area contributed by atoms with E-state index in [0.29, 0.717) is 6.07 Å². The molecule has 0 bridgehead atoms. The van der Waals surface area contributed by atoms with Crippen LogP contribution in [0.4, 0.5) is 13.2 Å². The molecule has 3 aromatic rings. The van der Waals surface area contributed by atoms with Gasteiger partial charge in [-0.3, -0.25) is 5.10 Å². The van der Waals surface area contributed by atoms with Crippen molar-refractivity contribution in [3.63, 3.8) is 0 Å². The number of nitrogens with one attached hydrogen (secondary N) is 1. The summed E-state index contributed by atoms with van der Waals surface area (Å²) < 4.78 is 40.6. The summed E-state index contributed by atoms with van der Waals surface area (Å²) in [5, 5.41) is 17.7. The first kappa shape index (κ1) is 16.9. The van der Waals surface area contributed by atoms with Crippen molar-refractivity contribution in [1.29, 1.82) is 0 Å². The number of H-pyrrole nitrogens is 1. The number of aliphatic hydroxyl groups is 1. The van der Waals surface area contributed by atoms with Gasteiger partial charge in [0, 0.05) is 18.1 Å². The van der Waals surface area contributed by atoms with Crippen molar-refractivity contribution >= 4 is 5.57 Å². The molecule has 1 unspecified atom stereocenters. The molecular weight excluding hydrogens is 331 g/mol. The van der Waals surface area contributed by atoms with E-state index in [-0.39, 0.29) is 28.9 Å². The fraction of sp³-hybridized carbons (Fsp3) is 0.111. The normalized spacial score (nSPS) is 13.4. The Balaban J connectivity index is 2.09. The molecule has 0 aliphatic heterocycles. The summed E-state index contributed by atoms with van der Waals surface area (Å²) in [6.45, 7) is 3.79. The van der Waals surface area contributed by atoms with Gasteiger partial charge in [0.25, 0.3) is 0 Å². The predicted molar refractivity (Wildman–Crippen MR) is 85.8 cm³/mol. The second-order valence-electron chi connectivity index (χ2n) is 5.56. The lowest BCUT2D eigenvalue weighted by Crippen LogP contribution is -2.31. The minimum Gasteiger partial charge on any atom is -0.380 e. The second-order valence-corrected chi connectivity index (χ2v) is 5.56. The molecule has 0 saturated carbocycles. The van der Waals surface area contributed by atoms with Gasteiger partial charge in [0.2, 0.25) is 0 Å². The zero-order valence-electron chi connectivity index (χ0n) is 13.0. The Morgan fingerprint density at radius 3 is 2.36 bits per heavy atom. The molecule has 25 heavy (non-hydrogen) atoms. The molecule has 4 nitrogen and oxygen atoms in total. The first-order valence-corrected chi connectivity index (χ1v) is 7.38. The number of benzene rings is 2. The maximum Gasteiger partial charge on any atom is 0.153 e. The van der Waals surface area contributed by atoms with E-state index in [2.05, 4.69) is 21.8 Å². The average Bonchev–Trinajstić information content (AvgIpc) is 3.07. The van der Waals surface area contributed by atoms with E-state index >= 15 is 0 Å². The van der Waals surface area contributed by atoms with Crippen LogP contribution in [0.5, 0.6) is 0 Å². The smallest absolute Gasteiger partial charge is 0.153 e. The molecule has 0 amide bonds. The van der Waals surface area contributed by atoms with E-state index in [1.54, 1.807) is 0 Å². The van der Waals surface area contributed by atoms with Crippen molar-refractivity contribution in [3.8, 4) is 0 Å². The van der Waals surface area contributed by atoms with E-state index in [9.17, 15) is 18.3 Å². The van der Waals surface area contributed by atoms with Gasteiger partial charge in [0.05, 0.1) is 0 Å². The van der Waals surface area contributed by atoms with E-state index in [0.717, 1.165) is 6.07 Å². The Hall–Kier alpha value is -2.93. The van der Waals surface area contributed by atoms with Crippen LogP contribution in [0, 0.1) is 17.5 Å². The summed E-state index contributed by atoms with van der Waals surface area (Å²) in [4.78, 5) is 3.96. The molecule has 7 heteroatoms. The van der Waals surface area contributed by atoms with Gasteiger partial charge < -0.3 is 5.11 Å². The predicted octanol–water partition coefficient (Wildman–Crippen LogP) is 3.37. The maximum absolute atomic E-state index is 14.2. The maximum atomic E-state index is 14.2.